The summed E-state index contributed by atoms with van der Waals surface area (Å²) < 4.78 is 33.5. The number of aliphatic hydroxyl groups is 1. The fourth-order valence-electron chi connectivity index (χ4n) is 3.65. The molecule has 6 nitrogen and oxygen atoms in total. The molecule has 0 amide bonds. The monoisotopic (exact) mass is 400 g/mol. The number of fused-ring (bicyclic) bond motifs is 1. The van der Waals surface area contributed by atoms with Crippen LogP contribution in [0.5, 0.6) is 0 Å². The normalized spacial score (nSPS) is 27.5. The predicted octanol–water partition coefficient (Wildman–Crippen LogP) is 2.20. The summed E-state index contributed by atoms with van der Waals surface area (Å²) in [6, 6.07) is 3.48. The smallest absolute Gasteiger partial charge is 0.252 e. The van der Waals surface area contributed by atoms with Crippen LogP contribution in [0.2, 0.25) is 0 Å². The number of hydrogen-bond donors (Lipinski definition) is 1. The van der Waals surface area contributed by atoms with Crippen molar-refractivity contribution in [2.45, 2.75) is 17.6 Å². The molecule has 0 radical (unpaired) electrons. The van der Waals surface area contributed by atoms with E-state index in [4.69, 9.17) is 4.74 Å². The molecular weight excluding hydrogens is 380 g/mol. The molecule has 0 spiro atoms. The minimum absolute atomic E-state index is 0.0442. The number of aromatic nitrogens is 1. The minimum Gasteiger partial charge on any atom is -0.396 e. The molecule has 2 fully saturated rings. The van der Waals surface area contributed by atoms with Crippen molar-refractivity contribution in [3.8, 4) is 10.6 Å². The van der Waals surface area contributed by atoms with E-state index in [0.717, 1.165) is 22.0 Å². The Balaban J connectivity index is 1.61. The zero-order chi connectivity index (χ0) is 17.7. The van der Waals surface area contributed by atoms with Crippen molar-refractivity contribution in [2.75, 3.05) is 32.9 Å². The SMILES string of the molecule is Cc1nc(-c2ccc(S(=O)(=O)N3C[C@@H]4CCOC[C@]4(CO)C3)s2)cs1. The van der Waals surface area contributed by atoms with E-state index < -0.39 is 15.4 Å². The van der Waals surface area contributed by atoms with Crippen LogP contribution in [0.3, 0.4) is 0 Å². The summed E-state index contributed by atoms with van der Waals surface area (Å²) in [6.45, 7) is 3.72. The van der Waals surface area contributed by atoms with E-state index in [9.17, 15) is 13.5 Å². The first kappa shape index (κ1) is 17.6. The maximum Gasteiger partial charge on any atom is 0.252 e. The maximum absolute atomic E-state index is 13.1. The van der Waals surface area contributed by atoms with Gasteiger partial charge in [-0.25, -0.2) is 13.4 Å². The van der Waals surface area contributed by atoms with E-state index in [1.165, 1.54) is 15.6 Å². The lowest BCUT2D eigenvalue weighted by molar-refractivity contribution is -0.0552. The number of thiazole rings is 1. The Morgan fingerprint density at radius 2 is 2.32 bits per heavy atom. The first-order valence-electron chi connectivity index (χ1n) is 8.16. The van der Waals surface area contributed by atoms with Crippen molar-refractivity contribution < 1.29 is 18.3 Å². The number of thiophene rings is 1. The molecule has 4 rings (SSSR count). The summed E-state index contributed by atoms with van der Waals surface area (Å²) in [5.41, 5.74) is 0.363. The molecule has 25 heavy (non-hydrogen) atoms. The highest BCUT2D eigenvalue weighted by Gasteiger charge is 2.51. The zero-order valence-corrected chi connectivity index (χ0v) is 16.3. The number of hydrogen-bond acceptors (Lipinski definition) is 7. The molecule has 1 N–H and O–H groups in total. The lowest BCUT2D eigenvalue weighted by Gasteiger charge is -2.36. The highest BCUT2D eigenvalue weighted by atomic mass is 32.2. The lowest BCUT2D eigenvalue weighted by atomic mass is 9.76. The number of nitrogens with zero attached hydrogens (tertiary/aromatic N) is 2. The Labute approximate surface area is 155 Å². The molecule has 2 atom stereocenters. The second-order valence-corrected chi connectivity index (χ2v) is 11.0. The fourth-order valence-corrected chi connectivity index (χ4v) is 7.34. The molecule has 136 valence electrons. The van der Waals surface area contributed by atoms with Gasteiger partial charge in [-0.2, -0.15) is 4.31 Å². The van der Waals surface area contributed by atoms with Crippen LogP contribution < -0.4 is 0 Å². The van der Waals surface area contributed by atoms with Gasteiger partial charge in [-0.05, 0) is 31.4 Å². The summed E-state index contributed by atoms with van der Waals surface area (Å²) in [6.07, 6.45) is 0.792. The topological polar surface area (TPSA) is 79.7 Å². The first-order valence-corrected chi connectivity index (χ1v) is 11.3. The van der Waals surface area contributed by atoms with Gasteiger partial charge in [0.1, 0.15) is 4.21 Å². The van der Waals surface area contributed by atoms with E-state index in [-0.39, 0.29) is 12.5 Å². The van der Waals surface area contributed by atoms with Crippen LogP contribution in [0.25, 0.3) is 10.6 Å². The van der Waals surface area contributed by atoms with Gasteiger partial charge in [0, 0.05) is 30.5 Å². The summed E-state index contributed by atoms with van der Waals surface area (Å²) in [7, 11) is -3.56. The predicted molar refractivity (Wildman–Crippen MR) is 97.4 cm³/mol. The van der Waals surface area contributed by atoms with Gasteiger partial charge in [-0.15, -0.1) is 22.7 Å². The molecule has 2 aliphatic rings. The number of aryl methyl sites for hydroxylation is 1. The summed E-state index contributed by atoms with van der Waals surface area (Å²) in [5, 5.41) is 12.8. The quantitative estimate of drug-likeness (QED) is 0.851. The van der Waals surface area contributed by atoms with Crippen LogP contribution in [0.4, 0.5) is 0 Å². The summed E-state index contributed by atoms with van der Waals surface area (Å²) >= 11 is 2.80. The summed E-state index contributed by atoms with van der Waals surface area (Å²) in [4.78, 5) is 5.29. The Bertz CT molecular complexity index is 876. The highest BCUT2D eigenvalue weighted by Crippen LogP contribution is 2.44. The molecule has 9 heteroatoms. The third kappa shape index (κ3) is 2.96. The van der Waals surface area contributed by atoms with E-state index in [1.54, 1.807) is 17.4 Å². The van der Waals surface area contributed by atoms with Crippen LogP contribution >= 0.6 is 22.7 Å². The Hall–Kier alpha value is -0.840. The first-order chi connectivity index (χ1) is 11.9. The standard InChI is InChI=1S/C16H20N2O4S3/c1-11-17-13(7-23-11)14-2-3-15(24-14)25(20,21)18-6-12-4-5-22-10-16(12,8-18)9-19/h2-3,7,12,19H,4-6,8-10H2,1H3/t12-,16+/m0/s1. The van der Waals surface area contributed by atoms with Gasteiger partial charge in [0.25, 0.3) is 10.0 Å². The molecule has 2 saturated heterocycles. The highest BCUT2D eigenvalue weighted by molar-refractivity contribution is 7.91. The summed E-state index contributed by atoms with van der Waals surface area (Å²) in [5.74, 6) is 0.154. The van der Waals surface area contributed by atoms with E-state index >= 15 is 0 Å². The molecule has 0 saturated carbocycles. The van der Waals surface area contributed by atoms with Crippen LogP contribution in [0.1, 0.15) is 11.4 Å². The second-order valence-electron chi connectivity index (χ2n) is 6.73. The molecule has 2 aliphatic heterocycles. The number of sulfonamides is 1. The van der Waals surface area contributed by atoms with E-state index in [2.05, 4.69) is 4.98 Å². The van der Waals surface area contributed by atoms with Gasteiger partial charge in [0.15, 0.2) is 0 Å². The van der Waals surface area contributed by atoms with Crippen molar-refractivity contribution >= 4 is 32.7 Å². The van der Waals surface area contributed by atoms with Crippen molar-refractivity contribution in [2.24, 2.45) is 11.3 Å². The maximum atomic E-state index is 13.1. The largest absolute Gasteiger partial charge is 0.396 e. The Morgan fingerprint density at radius 3 is 3.00 bits per heavy atom. The third-order valence-corrected chi connectivity index (χ3v) is 9.30. The van der Waals surface area contributed by atoms with Gasteiger partial charge in [0.05, 0.1) is 28.8 Å². The van der Waals surface area contributed by atoms with Crippen molar-refractivity contribution in [3.05, 3.63) is 22.5 Å². The van der Waals surface area contributed by atoms with E-state index in [0.29, 0.717) is 30.5 Å². The van der Waals surface area contributed by atoms with Crippen molar-refractivity contribution in [3.63, 3.8) is 0 Å². The lowest BCUT2D eigenvalue weighted by Crippen LogP contribution is -2.43. The van der Waals surface area contributed by atoms with Crippen LogP contribution in [-0.2, 0) is 14.8 Å². The molecule has 0 aromatic carbocycles. The number of aliphatic hydroxyl groups excluding tert-OH is 1. The Morgan fingerprint density at radius 1 is 1.48 bits per heavy atom. The second kappa shape index (κ2) is 6.40. The number of ether oxygens (including phenoxy) is 1. The molecule has 0 aliphatic carbocycles. The zero-order valence-electron chi connectivity index (χ0n) is 13.8. The van der Waals surface area contributed by atoms with Crippen molar-refractivity contribution in [1.29, 1.82) is 0 Å². The van der Waals surface area contributed by atoms with Crippen LogP contribution in [0.15, 0.2) is 21.7 Å². The van der Waals surface area contributed by atoms with Gasteiger partial charge in [-0.3, -0.25) is 0 Å². The molecule has 2 aromatic rings. The van der Waals surface area contributed by atoms with E-state index in [1.807, 2.05) is 18.4 Å². The van der Waals surface area contributed by atoms with Gasteiger partial charge < -0.3 is 9.84 Å². The fraction of sp³-hybridized carbons (Fsp3) is 0.562. The number of rotatable bonds is 4. The average molecular weight is 401 g/mol. The molecule has 0 bridgehead atoms. The third-order valence-electron chi connectivity index (χ3n) is 5.14. The Kier molecular flexibility index (Phi) is 4.50. The van der Waals surface area contributed by atoms with Gasteiger partial charge >= 0.3 is 0 Å². The minimum atomic E-state index is -3.56. The molecular formula is C16H20N2O4S3. The van der Waals surface area contributed by atoms with Gasteiger partial charge in [0.2, 0.25) is 0 Å². The van der Waals surface area contributed by atoms with Crippen LogP contribution in [-0.4, -0.2) is 55.7 Å². The van der Waals surface area contributed by atoms with Crippen molar-refractivity contribution in [1.82, 2.24) is 9.29 Å². The average Bonchev–Trinajstić information content (AvgIpc) is 3.32. The van der Waals surface area contributed by atoms with Gasteiger partial charge in [-0.1, -0.05) is 0 Å². The molecule has 0 unspecified atom stereocenters. The molecule has 2 aromatic heterocycles. The molecule has 4 heterocycles. The van der Waals surface area contributed by atoms with Crippen LogP contribution in [0, 0.1) is 18.3 Å².